The van der Waals surface area contributed by atoms with Gasteiger partial charge in [0.15, 0.2) is 0 Å². The summed E-state index contributed by atoms with van der Waals surface area (Å²) in [6.45, 7) is 0. The van der Waals surface area contributed by atoms with Crippen LogP contribution in [0.1, 0.15) is 22.3 Å². The summed E-state index contributed by atoms with van der Waals surface area (Å²) in [6, 6.07) is 10.1. The molecule has 0 saturated carbocycles. The van der Waals surface area contributed by atoms with Crippen LogP contribution < -0.4 is 5.32 Å². The third kappa shape index (κ3) is 4.53. The average Bonchev–Trinajstić information content (AvgIpc) is 2.54. The fraction of sp³-hybridized carbons (Fsp3) is 0.125. The Bertz CT molecular complexity index is 807. The highest BCUT2D eigenvalue weighted by Crippen LogP contribution is 2.21. The number of non-ortho nitro benzene ring substituents is 1. The monoisotopic (exact) mass is 348 g/mol. The Morgan fingerprint density at radius 3 is 2.62 bits per heavy atom. The van der Waals surface area contributed by atoms with E-state index in [9.17, 15) is 19.7 Å². The SMILES string of the molecule is O=C(CCc1cccc([N+](=O)[O-])c1)Nc1ccc(Cl)cc1C(=O)O. The first kappa shape index (κ1) is 17.4. The molecule has 0 aromatic heterocycles. The number of carbonyl (C=O) groups excluding carboxylic acids is 1. The zero-order valence-corrected chi connectivity index (χ0v) is 13.1. The minimum atomic E-state index is -1.20. The number of anilines is 1. The van der Waals surface area contributed by atoms with Crippen molar-refractivity contribution >= 4 is 34.9 Å². The number of amides is 1. The molecule has 2 aromatic carbocycles. The molecule has 8 heteroatoms. The number of halogens is 1. The number of carbonyl (C=O) groups is 2. The van der Waals surface area contributed by atoms with E-state index in [0.29, 0.717) is 12.0 Å². The van der Waals surface area contributed by atoms with Gasteiger partial charge in [-0.2, -0.15) is 0 Å². The maximum atomic E-state index is 12.0. The minimum absolute atomic E-state index is 0.0428. The molecule has 2 aromatic rings. The predicted octanol–water partition coefficient (Wildman–Crippen LogP) is 3.52. The molecule has 2 N–H and O–H groups in total. The van der Waals surface area contributed by atoms with Gasteiger partial charge in [-0.05, 0) is 30.2 Å². The van der Waals surface area contributed by atoms with Crippen LogP contribution in [0.4, 0.5) is 11.4 Å². The molecule has 1 amide bonds. The van der Waals surface area contributed by atoms with Gasteiger partial charge in [-0.25, -0.2) is 4.79 Å². The van der Waals surface area contributed by atoms with Crippen LogP contribution >= 0.6 is 11.6 Å². The lowest BCUT2D eigenvalue weighted by molar-refractivity contribution is -0.384. The van der Waals surface area contributed by atoms with Crippen LogP contribution in [0.15, 0.2) is 42.5 Å². The van der Waals surface area contributed by atoms with Crippen molar-refractivity contribution in [1.82, 2.24) is 0 Å². The Hall–Kier alpha value is -2.93. The van der Waals surface area contributed by atoms with Crippen molar-refractivity contribution in [2.24, 2.45) is 0 Å². The molecule has 0 radical (unpaired) electrons. The summed E-state index contributed by atoms with van der Waals surface area (Å²) < 4.78 is 0. The first-order chi connectivity index (χ1) is 11.4. The third-order valence-electron chi connectivity index (χ3n) is 3.25. The van der Waals surface area contributed by atoms with E-state index in [1.807, 2.05) is 0 Å². The van der Waals surface area contributed by atoms with Crippen molar-refractivity contribution in [2.75, 3.05) is 5.32 Å². The number of rotatable bonds is 6. The van der Waals surface area contributed by atoms with Gasteiger partial charge in [-0.3, -0.25) is 14.9 Å². The van der Waals surface area contributed by atoms with Crippen LogP contribution in [-0.2, 0) is 11.2 Å². The molecule has 24 heavy (non-hydrogen) atoms. The number of carboxylic acid groups (broad SMARTS) is 1. The van der Waals surface area contributed by atoms with Gasteiger partial charge in [-0.15, -0.1) is 0 Å². The molecular formula is C16H13ClN2O5. The number of hydrogen-bond donors (Lipinski definition) is 2. The van der Waals surface area contributed by atoms with Crippen molar-refractivity contribution in [2.45, 2.75) is 12.8 Å². The first-order valence-corrected chi connectivity index (χ1v) is 7.30. The van der Waals surface area contributed by atoms with Gasteiger partial charge < -0.3 is 10.4 Å². The van der Waals surface area contributed by atoms with E-state index >= 15 is 0 Å². The number of benzene rings is 2. The summed E-state index contributed by atoms with van der Waals surface area (Å²) in [4.78, 5) is 33.4. The van der Waals surface area contributed by atoms with Crippen LogP contribution in [-0.4, -0.2) is 21.9 Å². The van der Waals surface area contributed by atoms with Crippen LogP contribution in [0.25, 0.3) is 0 Å². The lowest BCUT2D eigenvalue weighted by atomic mass is 10.1. The summed E-state index contributed by atoms with van der Waals surface area (Å²) >= 11 is 5.75. The summed E-state index contributed by atoms with van der Waals surface area (Å²) in [5, 5.41) is 22.6. The number of nitrogens with one attached hydrogen (secondary N) is 1. The van der Waals surface area contributed by atoms with E-state index in [-0.39, 0.29) is 28.4 Å². The lowest BCUT2D eigenvalue weighted by Gasteiger charge is -2.09. The van der Waals surface area contributed by atoms with E-state index < -0.39 is 16.8 Å². The largest absolute Gasteiger partial charge is 0.478 e. The Balaban J connectivity index is 2.03. The second-order valence-electron chi connectivity index (χ2n) is 4.97. The smallest absolute Gasteiger partial charge is 0.337 e. The summed E-state index contributed by atoms with van der Waals surface area (Å²) in [6.07, 6.45) is 0.354. The highest BCUT2D eigenvalue weighted by Gasteiger charge is 2.13. The normalized spacial score (nSPS) is 10.2. The van der Waals surface area contributed by atoms with Gasteiger partial charge >= 0.3 is 5.97 Å². The molecule has 0 aliphatic rings. The number of aryl methyl sites for hydroxylation is 1. The molecule has 0 heterocycles. The number of nitro groups is 1. The highest BCUT2D eigenvalue weighted by atomic mass is 35.5. The lowest BCUT2D eigenvalue weighted by Crippen LogP contribution is -2.15. The Kier molecular flexibility index (Phi) is 5.49. The molecule has 0 atom stereocenters. The van der Waals surface area contributed by atoms with Crippen LogP contribution in [0.3, 0.4) is 0 Å². The fourth-order valence-electron chi connectivity index (χ4n) is 2.10. The first-order valence-electron chi connectivity index (χ1n) is 6.93. The molecule has 2 rings (SSSR count). The number of aromatic carboxylic acids is 1. The number of carboxylic acids is 1. The van der Waals surface area contributed by atoms with Crippen molar-refractivity contribution in [3.8, 4) is 0 Å². The van der Waals surface area contributed by atoms with Gasteiger partial charge in [0.2, 0.25) is 5.91 Å². The van der Waals surface area contributed by atoms with Gasteiger partial charge in [-0.1, -0.05) is 23.7 Å². The van der Waals surface area contributed by atoms with Gasteiger partial charge in [0.05, 0.1) is 16.2 Å². The molecule has 124 valence electrons. The quantitative estimate of drug-likeness (QED) is 0.613. The second-order valence-corrected chi connectivity index (χ2v) is 5.41. The van der Waals surface area contributed by atoms with E-state index in [1.165, 1.54) is 30.3 Å². The van der Waals surface area contributed by atoms with Gasteiger partial charge in [0.1, 0.15) is 0 Å². The second kappa shape index (κ2) is 7.56. The Morgan fingerprint density at radius 2 is 1.96 bits per heavy atom. The number of nitrogens with zero attached hydrogens (tertiary/aromatic N) is 1. The molecule has 0 spiro atoms. The molecular weight excluding hydrogens is 336 g/mol. The van der Waals surface area contributed by atoms with E-state index in [2.05, 4.69) is 5.32 Å². The third-order valence-corrected chi connectivity index (χ3v) is 3.48. The Morgan fingerprint density at radius 1 is 1.21 bits per heavy atom. The maximum absolute atomic E-state index is 12.0. The van der Waals surface area contributed by atoms with Crippen LogP contribution in [0.5, 0.6) is 0 Å². The predicted molar refractivity (Wildman–Crippen MR) is 88.5 cm³/mol. The highest BCUT2D eigenvalue weighted by molar-refractivity contribution is 6.31. The Labute approximate surface area is 142 Å². The van der Waals surface area contributed by atoms with Gasteiger partial charge in [0, 0.05) is 23.6 Å². The zero-order valence-electron chi connectivity index (χ0n) is 12.4. The summed E-state index contributed by atoms with van der Waals surface area (Å²) in [5.41, 5.74) is 0.648. The van der Waals surface area contributed by atoms with E-state index in [1.54, 1.807) is 12.1 Å². The molecule has 0 saturated heterocycles. The molecule has 0 bridgehead atoms. The summed E-state index contributed by atoms with van der Waals surface area (Å²) in [7, 11) is 0. The number of hydrogen-bond acceptors (Lipinski definition) is 4. The van der Waals surface area contributed by atoms with E-state index in [0.717, 1.165) is 0 Å². The van der Waals surface area contributed by atoms with Gasteiger partial charge in [0.25, 0.3) is 5.69 Å². The van der Waals surface area contributed by atoms with Crippen molar-refractivity contribution in [3.05, 3.63) is 68.7 Å². The van der Waals surface area contributed by atoms with E-state index in [4.69, 9.17) is 16.7 Å². The van der Waals surface area contributed by atoms with Crippen molar-refractivity contribution in [1.29, 1.82) is 0 Å². The van der Waals surface area contributed by atoms with Crippen molar-refractivity contribution in [3.63, 3.8) is 0 Å². The maximum Gasteiger partial charge on any atom is 0.337 e. The molecule has 0 aliphatic carbocycles. The van der Waals surface area contributed by atoms with Crippen molar-refractivity contribution < 1.29 is 19.6 Å². The fourth-order valence-corrected chi connectivity index (χ4v) is 2.27. The molecule has 0 unspecified atom stereocenters. The van der Waals surface area contributed by atoms with Crippen LogP contribution in [0.2, 0.25) is 5.02 Å². The minimum Gasteiger partial charge on any atom is -0.478 e. The molecule has 0 aliphatic heterocycles. The molecule has 0 fully saturated rings. The zero-order chi connectivity index (χ0) is 17.7. The van der Waals surface area contributed by atoms with Crippen LogP contribution in [0, 0.1) is 10.1 Å². The number of nitro benzene ring substituents is 1. The average molecular weight is 349 g/mol. The topological polar surface area (TPSA) is 110 Å². The summed E-state index contributed by atoms with van der Waals surface area (Å²) in [5.74, 6) is -1.60. The molecule has 7 nitrogen and oxygen atoms in total. The standard InChI is InChI=1S/C16H13ClN2O5/c17-11-5-6-14(13(9-11)16(21)22)18-15(20)7-4-10-2-1-3-12(8-10)19(23)24/h1-3,5-6,8-9H,4,7H2,(H,18,20)(H,21,22).